The van der Waals surface area contributed by atoms with E-state index in [-0.39, 0.29) is 12.4 Å². The second-order valence-electron chi connectivity index (χ2n) is 13.6. The summed E-state index contributed by atoms with van der Waals surface area (Å²) in [7, 11) is 0. The van der Waals surface area contributed by atoms with Gasteiger partial charge in [0, 0.05) is 30.8 Å². The first-order valence-electron chi connectivity index (χ1n) is 16.2. The van der Waals surface area contributed by atoms with E-state index in [9.17, 15) is 4.79 Å². The molecule has 0 aromatic heterocycles. The molecule has 2 heterocycles. The van der Waals surface area contributed by atoms with Crippen molar-refractivity contribution in [1.82, 2.24) is 4.90 Å². The zero-order valence-corrected chi connectivity index (χ0v) is 26.9. The van der Waals surface area contributed by atoms with Crippen molar-refractivity contribution in [3.8, 4) is 16.9 Å². The predicted octanol–water partition coefficient (Wildman–Crippen LogP) is 8.10. The van der Waals surface area contributed by atoms with E-state index < -0.39 is 17.7 Å². The first-order valence-corrected chi connectivity index (χ1v) is 16.2. The molecule has 1 fully saturated rings. The highest BCUT2D eigenvalue weighted by Crippen LogP contribution is 2.46. The standard InChI is InChI=1S/C36H50FNO4/c1-8-40-35(39)34(42-36(5,6)7)32-23(3)26-16-17-38(20-25-13-10-9-11-14-25)21-29(26)24(4)31(32)28-19-30(37)33-27(22(28)2)15-12-18-41-33/h19,25,34H,8-18,20-21H2,1-7H3. The number of carbonyl (C=O) groups is 1. The second kappa shape index (κ2) is 12.7. The summed E-state index contributed by atoms with van der Waals surface area (Å²) in [6.07, 6.45) is 8.35. The van der Waals surface area contributed by atoms with E-state index in [1.165, 1.54) is 43.2 Å². The molecule has 0 N–H and O–H groups in total. The van der Waals surface area contributed by atoms with Crippen LogP contribution in [0.2, 0.25) is 0 Å². The average Bonchev–Trinajstić information content (AvgIpc) is 2.96. The molecule has 2 aliphatic heterocycles. The highest BCUT2D eigenvalue weighted by atomic mass is 19.1. The third-order valence-electron chi connectivity index (χ3n) is 9.56. The van der Waals surface area contributed by atoms with Gasteiger partial charge < -0.3 is 14.2 Å². The van der Waals surface area contributed by atoms with Gasteiger partial charge in [0.05, 0.1) is 18.8 Å². The SMILES string of the molecule is CCOC(=O)C(OC(C)(C)C)c1c(C)c2c(c(C)c1-c1cc(F)c3c(c1C)CCCO3)CN(CC1CCCCC1)CC2. The van der Waals surface area contributed by atoms with Crippen molar-refractivity contribution in [2.45, 2.75) is 118 Å². The normalized spacial score (nSPS) is 18.7. The van der Waals surface area contributed by atoms with Gasteiger partial charge in [0.1, 0.15) is 0 Å². The molecule has 0 saturated heterocycles. The molecule has 6 heteroatoms. The number of halogens is 1. The maximum atomic E-state index is 15.7. The van der Waals surface area contributed by atoms with Crippen LogP contribution in [-0.2, 0) is 33.7 Å². The van der Waals surface area contributed by atoms with Crippen molar-refractivity contribution in [1.29, 1.82) is 0 Å². The lowest BCUT2D eigenvalue weighted by Crippen LogP contribution is -2.37. The van der Waals surface area contributed by atoms with E-state index in [1.54, 1.807) is 6.07 Å². The van der Waals surface area contributed by atoms with Crippen LogP contribution in [0.15, 0.2) is 6.07 Å². The molecule has 2 aromatic rings. The minimum absolute atomic E-state index is 0.265. The number of fused-ring (bicyclic) bond motifs is 2. The Morgan fingerprint density at radius 1 is 1.02 bits per heavy atom. The van der Waals surface area contributed by atoms with E-state index in [0.29, 0.717) is 12.4 Å². The van der Waals surface area contributed by atoms with Gasteiger partial charge in [-0.05, 0) is 131 Å². The zero-order chi connectivity index (χ0) is 30.2. The molecule has 5 rings (SSSR count). The molecule has 5 nitrogen and oxygen atoms in total. The van der Waals surface area contributed by atoms with E-state index in [1.807, 2.05) is 27.7 Å². The minimum atomic E-state index is -0.918. The van der Waals surface area contributed by atoms with Crippen molar-refractivity contribution in [3.05, 3.63) is 50.8 Å². The Balaban J connectivity index is 1.71. The zero-order valence-electron chi connectivity index (χ0n) is 26.9. The number of benzene rings is 2. The lowest BCUT2D eigenvalue weighted by Gasteiger charge is -2.37. The quantitative estimate of drug-likeness (QED) is 0.310. The Morgan fingerprint density at radius 3 is 2.45 bits per heavy atom. The van der Waals surface area contributed by atoms with Gasteiger partial charge in [-0.3, -0.25) is 4.90 Å². The number of hydrogen-bond donors (Lipinski definition) is 0. The summed E-state index contributed by atoms with van der Waals surface area (Å²) in [6.45, 7) is 17.9. The summed E-state index contributed by atoms with van der Waals surface area (Å²) in [5.41, 5.74) is 8.72. The second-order valence-corrected chi connectivity index (χ2v) is 13.6. The van der Waals surface area contributed by atoms with Gasteiger partial charge in [-0.2, -0.15) is 0 Å². The fourth-order valence-corrected chi connectivity index (χ4v) is 7.56. The van der Waals surface area contributed by atoms with Crippen LogP contribution in [-0.4, -0.2) is 42.8 Å². The summed E-state index contributed by atoms with van der Waals surface area (Å²) < 4.78 is 33.7. The number of ether oxygens (including phenoxy) is 3. The summed E-state index contributed by atoms with van der Waals surface area (Å²) >= 11 is 0. The first kappa shape index (κ1) is 31.0. The molecule has 1 atom stereocenters. The smallest absolute Gasteiger partial charge is 0.339 e. The molecule has 0 radical (unpaired) electrons. The maximum absolute atomic E-state index is 15.7. The van der Waals surface area contributed by atoms with Gasteiger partial charge in [0.25, 0.3) is 0 Å². The average molecular weight is 580 g/mol. The molecule has 0 spiro atoms. The Labute approximate surface area is 252 Å². The maximum Gasteiger partial charge on any atom is 0.339 e. The van der Waals surface area contributed by atoms with Gasteiger partial charge >= 0.3 is 5.97 Å². The van der Waals surface area contributed by atoms with Crippen LogP contribution < -0.4 is 4.74 Å². The molecule has 1 unspecified atom stereocenters. The number of carbonyl (C=O) groups excluding carboxylic acids is 1. The van der Waals surface area contributed by atoms with Crippen molar-refractivity contribution < 1.29 is 23.4 Å². The van der Waals surface area contributed by atoms with Crippen molar-refractivity contribution in [2.24, 2.45) is 5.92 Å². The van der Waals surface area contributed by atoms with Gasteiger partial charge in [0.15, 0.2) is 17.7 Å². The fourth-order valence-electron chi connectivity index (χ4n) is 7.56. The molecule has 0 bridgehead atoms. The molecule has 230 valence electrons. The van der Waals surface area contributed by atoms with Gasteiger partial charge in [-0.15, -0.1) is 0 Å². The topological polar surface area (TPSA) is 48.0 Å². The number of rotatable bonds is 7. The van der Waals surface area contributed by atoms with E-state index >= 15 is 4.39 Å². The Kier molecular flexibility index (Phi) is 9.34. The van der Waals surface area contributed by atoms with Gasteiger partial charge in [-0.25, -0.2) is 9.18 Å². The summed E-state index contributed by atoms with van der Waals surface area (Å²) in [5.74, 6) is 0.411. The number of hydrogen-bond acceptors (Lipinski definition) is 5. The van der Waals surface area contributed by atoms with Crippen molar-refractivity contribution >= 4 is 5.97 Å². The molecule has 1 aliphatic carbocycles. The van der Waals surface area contributed by atoms with Crippen LogP contribution >= 0.6 is 0 Å². The summed E-state index contributed by atoms with van der Waals surface area (Å²) in [5, 5.41) is 0. The molecule has 42 heavy (non-hydrogen) atoms. The Morgan fingerprint density at radius 2 is 1.76 bits per heavy atom. The highest BCUT2D eigenvalue weighted by Gasteiger charge is 2.37. The Hall–Kier alpha value is -2.44. The van der Waals surface area contributed by atoms with E-state index in [0.717, 1.165) is 83.8 Å². The largest absolute Gasteiger partial charge is 0.490 e. The van der Waals surface area contributed by atoms with Crippen LogP contribution in [0.25, 0.3) is 11.1 Å². The van der Waals surface area contributed by atoms with Crippen LogP contribution in [0.4, 0.5) is 4.39 Å². The summed E-state index contributed by atoms with van der Waals surface area (Å²) in [4.78, 5) is 16.3. The van der Waals surface area contributed by atoms with Crippen molar-refractivity contribution in [2.75, 3.05) is 26.3 Å². The summed E-state index contributed by atoms with van der Waals surface area (Å²) in [6, 6.07) is 1.62. The van der Waals surface area contributed by atoms with Gasteiger partial charge in [-0.1, -0.05) is 19.3 Å². The lowest BCUT2D eigenvalue weighted by molar-refractivity contribution is -0.166. The number of esters is 1. The molecule has 1 saturated carbocycles. The van der Waals surface area contributed by atoms with Crippen LogP contribution in [0.1, 0.15) is 111 Å². The Bertz CT molecular complexity index is 1320. The van der Waals surface area contributed by atoms with E-state index in [2.05, 4.69) is 25.7 Å². The van der Waals surface area contributed by atoms with Crippen LogP contribution in [0.5, 0.6) is 5.75 Å². The highest BCUT2D eigenvalue weighted by molar-refractivity contribution is 5.86. The van der Waals surface area contributed by atoms with Crippen molar-refractivity contribution in [3.63, 3.8) is 0 Å². The molecule has 3 aliphatic rings. The monoisotopic (exact) mass is 579 g/mol. The molecular formula is C36H50FNO4. The molecule has 0 amide bonds. The third-order valence-corrected chi connectivity index (χ3v) is 9.56. The lowest BCUT2D eigenvalue weighted by atomic mass is 9.78. The molecule has 2 aromatic carbocycles. The van der Waals surface area contributed by atoms with Gasteiger partial charge in [0.2, 0.25) is 0 Å². The predicted molar refractivity (Wildman–Crippen MR) is 166 cm³/mol. The first-order chi connectivity index (χ1) is 20.0. The minimum Gasteiger partial charge on any atom is -0.490 e. The molecular weight excluding hydrogens is 529 g/mol. The van der Waals surface area contributed by atoms with E-state index in [4.69, 9.17) is 14.2 Å². The number of nitrogens with zero attached hydrogens (tertiary/aromatic N) is 1. The van der Waals surface area contributed by atoms with Crippen LogP contribution in [0.3, 0.4) is 0 Å². The van der Waals surface area contributed by atoms with Crippen LogP contribution in [0, 0.1) is 32.5 Å². The fraction of sp³-hybridized carbons (Fsp3) is 0.639. The third kappa shape index (κ3) is 6.26.